The van der Waals surface area contributed by atoms with E-state index in [1.807, 2.05) is 0 Å². The molecule has 4 aromatic carbocycles. The lowest BCUT2D eigenvalue weighted by Crippen LogP contribution is -2.66. The molecule has 4 aliphatic heterocycles. The molecule has 0 aromatic heterocycles. The Labute approximate surface area is 373 Å². The zero-order valence-corrected chi connectivity index (χ0v) is 33.2. The van der Waals surface area contributed by atoms with Crippen LogP contribution in [0.5, 0.6) is 69.0 Å². The van der Waals surface area contributed by atoms with Crippen molar-refractivity contribution < 1.29 is 133 Å². The van der Waals surface area contributed by atoms with Crippen molar-refractivity contribution in [3.63, 3.8) is 0 Å². The smallest absolute Gasteiger partial charge is 0.340 e. The van der Waals surface area contributed by atoms with Gasteiger partial charge in [-0.1, -0.05) is 0 Å². The molecule has 0 radical (unpaired) electrons. The quantitative estimate of drug-likeness (QED) is 0.0491. The number of ketones is 1. The van der Waals surface area contributed by atoms with Gasteiger partial charge in [-0.25, -0.2) is 24.0 Å². The molecule has 27 heteroatoms. The summed E-state index contributed by atoms with van der Waals surface area (Å²) in [5.41, 5.74) is -8.25. The fourth-order valence-corrected chi connectivity index (χ4v) is 8.26. The summed E-state index contributed by atoms with van der Waals surface area (Å²) >= 11 is 0. The van der Waals surface area contributed by atoms with E-state index in [2.05, 4.69) is 0 Å². The number of phenolic OH excluding ortho intramolecular Hbond substituents is 11. The number of phenols is 11. The van der Waals surface area contributed by atoms with E-state index in [1.165, 1.54) is 0 Å². The highest BCUT2D eigenvalue weighted by Crippen LogP contribution is 2.60. The molecular formula is C41H28O27. The number of carbonyl (C=O) groups is 6. The minimum atomic E-state index is -4.02. The second-order valence-corrected chi connectivity index (χ2v) is 15.5. The largest absolute Gasteiger partial charge is 0.504 e. The van der Waals surface area contributed by atoms with Crippen LogP contribution in [-0.2, 0) is 38.0 Å². The Morgan fingerprint density at radius 1 is 0.574 bits per heavy atom. The maximum absolute atomic E-state index is 14.6. The zero-order valence-electron chi connectivity index (χ0n) is 33.2. The molecule has 5 aliphatic rings. The number of benzene rings is 4. The van der Waals surface area contributed by atoms with Crippen LogP contribution in [0.1, 0.15) is 52.9 Å². The van der Waals surface area contributed by atoms with E-state index in [0.717, 1.165) is 0 Å². The monoisotopic (exact) mass is 952 g/mol. The molecule has 4 bridgehead atoms. The molecule has 1 saturated heterocycles. The molecule has 14 N–H and O–H groups in total. The Kier molecular flexibility index (Phi) is 9.64. The third-order valence-corrected chi connectivity index (χ3v) is 11.5. The predicted octanol–water partition coefficient (Wildman–Crippen LogP) is -1.10. The van der Waals surface area contributed by atoms with Crippen molar-refractivity contribution in [2.75, 3.05) is 6.61 Å². The van der Waals surface area contributed by atoms with Gasteiger partial charge in [-0.2, -0.15) is 0 Å². The molecule has 4 aromatic rings. The summed E-state index contributed by atoms with van der Waals surface area (Å²) < 4.78 is 39.1. The van der Waals surface area contributed by atoms with Gasteiger partial charge in [0.2, 0.25) is 35.4 Å². The van der Waals surface area contributed by atoms with Crippen LogP contribution < -0.4 is 4.74 Å². The number of cyclic esters (lactones) is 1. The van der Waals surface area contributed by atoms with Crippen molar-refractivity contribution >= 4 is 35.6 Å². The highest BCUT2D eigenvalue weighted by Gasteiger charge is 2.70. The summed E-state index contributed by atoms with van der Waals surface area (Å²) in [6.45, 7) is -1.31. The maximum Gasteiger partial charge on any atom is 0.340 e. The van der Waals surface area contributed by atoms with Gasteiger partial charge in [0, 0.05) is 16.7 Å². The number of aliphatic hydroxyl groups is 3. The molecule has 4 heterocycles. The van der Waals surface area contributed by atoms with Crippen LogP contribution >= 0.6 is 0 Å². The molecule has 1 aliphatic carbocycles. The number of esters is 5. The molecule has 0 spiro atoms. The van der Waals surface area contributed by atoms with Crippen LogP contribution in [0.15, 0.2) is 42.0 Å². The molecule has 1 fully saturated rings. The second kappa shape index (κ2) is 14.8. The van der Waals surface area contributed by atoms with Gasteiger partial charge in [0.15, 0.2) is 64.0 Å². The topological polar surface area (TPSA) is 450 Å². The van der Waals surface area contributed by atoms with Crippen molar-refractivity contribution in [1.29, 1.82) is 0 Å². The summed E-state index contributed by atoms with van der Waals surface area (Å²) in [6, 6.07) is 2.36. The van der Waals surface area contributed by atoms with Gasteiger partial charge in [-0.05, 0) is 36.4 Å². The Hall–Kier alpha value is -8.92. The number of hydrogen-bond donors (Lipinski definition) is 14. The predicted molar refractivity (Wildman–Crippen MR) is 204 cm³/mol. The van der Waals surface area contributed by atoms with E-state index in [4.69, 9.17) is 33.2 Å². The van der Waals surface area contributed by atoms with Crippen LogP contribution in [-0.4, -0.2) is 156 Å². The van der Waals surface area contributed by atoms with E-state index in [0.29, 0.717) is 30.3 Å². The van der Waals surface area contributed by atoms with Gasteiger partial charge >= 0.3 is 29.8 Å². The summed E-state index contributed by atoms with van der Waals surface area (Å²) in [4.78, 5) is 84.6. The first-order chi connectivity index (χ1) is 31.9. The molecule has 354 valence electrons. The second-order valence-electron chi connectivity index (χ2n) is 15.5. The number of hydrogen-bond acceptors (Lipinski definition) is 27. The van der Waals surface area contributed by atoms with E-state index < -0.39 is 204 Å². The highest BCUT2D eigenvalue weighted by molar-refractivity contribution is 6.09. The van der Waals surface area contributed by atoms with Gasteiger partial charge in [-0.3, -0.25) is 4.79 Å². The van der Waals surface area contributed by atoms with Crippen LogP contribution in [0.4, 0.5) is 0 Å². The highest BCUT2D eigenvalue weighted by atomic mass is 16.8. The molecule has 0 amide bonds. The van der Waals surface area contributed by atoms with Crippen LogP contribution in [0.25, 0.3) is 11.1 Å². The number of aromatic hydroxyl groups is 11. The lowest BCUT2D eigenvalue weighted by atomic mass is 9.74. The minimum absolute atomic E-state index is 0.207. The molecule has 27 nitrogen and oxygen atoms in total. The number of fused-ring (bicyclic) bond motifs is 3. The average Bonchev–Trinajstić information content (AvgIpc) is 3.61. The van der Waals surface area contributed by atoms with Gasteiger partial charge < -0.3 is 105 Å². The number of ether oxygens (including phenoxy) is 7. The first kappa shape index (κ1) is 44.3. The molecule has 7 atom stereocenters. The van der Waals surface area contributed by atoms with Gasteiger partial charge in [0.05, 0.1) is 33.7 Å². The lowest BCUT2D eigenvalue weighted by molar-refractivity contribution is -0.323. The van der Waals surface area contributed by atoms with Crippen molar-refractivity contribution in [3.8, 4) is 80.1 Å². The van der Waals surface area contributed by atoms with E-state index in [9.17, 15) is 100 Å². The van der Waals surface area contributed by atoms with E-state index >= 15 is 0 Å². The van der Waals surface area contributed by atoms with Crippen molar-refractivity contribution in [2.24, 2.45) is 0 Å². The van der Waals surface area contributed by atoms with Gasteiger partial charge in [0.25, 0.3) is 11.6 Å². The normalized spacial score (nSPS) is 25.7. The van der Waals surface area contributed by atoms with Crippen LogP contribution in [0.3, 0.4) is 0 Å². The standard InChI is InChI=1S/C41H28O27/c42-13-1-8(2-14(43)24(13)48)34(54)67-39-33-32-30(64-38(58)12-6-19(47)40(59,60)41(61)23(12)22-11(37(57)66-33)5-17(46)27(51)31(22)68-41)18(63-39)7-62-35(55)9-3-15(44)25(49)28(52)20(9)21-10(36(56)65-32)4-16(45)26(50)29(21)53/h1-6,18,23,30,32-33,39,42-46,48-53,59-61H,7H2/t18-,23+,30-,32+,33-,39+,41?/m1/s1. The minimum Gasteiger partial charge on any atom is -0.504 e. The Bertz CT molecular complexity index is 3020. The maximum atomic E-state index is 14.6. The fraction of sp³-hybridized carbons (Fsp3) is 0.220. The third kappa shape index (κ3) is 6.21. The fourth-order valence-electron chi connectivity index (χ4n) is 8.26. The van der Waals surface area contributed by atoms with Crippen LogP contribution in [0.2, 0.25) is 0 Å². The average molecular weight is 953 g/mol. The Morgan fingerprint density at radius 2 is 1.07 bits per heavy atom. The summed E-state index contributed by atoms with van der Waals surface area (Å²) in [5, 5.41) is 150. The molecule has 1 unspecified atom stereocenters. The zero-order chi connectivity index (χ0) is 49.4. The van der Waals surface area contributed by atoms with Crippen molar-refractivity contribution in [3.05, 3.63) is 69.8 Å². The summed E-state index contributed by atoms with van der Waals surface area (Å²) in [5.74, 6) is -36.2. The van der Waals surface area contributed by atoms with Crippen LogP contribution in [0, 0.1) is 0 Å². The van der Waals surface area contributed by atoms with E-state index in [1.54, 1.807) is 0 Å². The Balaban J connectivity index is 1.29. The number of carbonyl (C=O) groups excluding carboxylic acids is 6. The molecule has 68 heavy (non-hydrogen) atoms. The third-order valence-electron chi connectivity index (χ3n) is 11.5. The first-order valence-corrected chi connectivity index (χ1v) is 19.1. The summed E-state index contributed by atoms with van der Waals surface area (Å²) in [7, 11) is 0. The Morgan fingerprint density at radius 3 is 1.68 bits per heavy atom. The van der Waals surface area contributed by atoms with Gasteiger partial charge in [0.1, 0.15) is 12.7 Å². The van der Waals surface area contributed by atoms with Crippen molar-refractivity contribution in [1.82, 2.24) is 0 Å². The molecule has 0 saturated carbocycles. The molecular weight excluding hydrogens is 924 g/mol. The van der Waals surface area contributed by atoms with E-state index in [-0.39, 0.29) is 6.08 Å². The number of rotatable bonds is 2. The SMILES string of the molecule is O=C1O[C@H]2[C@@H]3OC(=O)c4cc(O)c(O)c(O)c4-c4c(cc(O)c(O)c4O)C(=O)OC[C@H]2O[C@@H](OC(=O)c2cc(O)c(O)c(O)c2)[C@@H]3OC(=O)c2cc(O)c(O)c3c2[C@@H]2C1=CC(=O)C(O)(O)C2(O)O3. The molecule has 9 rings (SSSR count). The first-order valence-electron chi connectivity index (χ1n) is 19.1. The van der Waals surface area contributed by atoms with Gasteiger partial charge in [-0.15, -0.1) is 0 Å². The van der Waals surface area contributed by atoms with Crippen molar-refractivity contribution in [2.45, 2.75) is 48.2 Å². The summed E-state index contributed by atoms with van der Waals surface area (Å²) in [6.07, 6.45) is -12.1. The lowest BCUT2D eigenvalue weighted by Gasteiger charge is -2.44.